The molecule has 0 atom stereocenters. The standard InChI is InChI=1S/C23H24N4O3/c1-30-23(29)18-9-10-21(26-11-5-6-12-26)20(14-18)25-22(28)13-17-15-24-27(16-17)19-7-3-2-4-8-19/h2-4,7-10,14-16H,5-6,11-13H2,1H3,(H,25,28). The van der Waals surface area contributed by atoms with Crippen LogP contribution < -0.4 is 10.2 Å². The Balaban J connectivity index is 1.52. The van der Waals surface area contributed by atoms with Crippen LogP contribution in [0.15, 0.2) is 60.9 Å². The van der Waals surface area contributed by atoms with Crippen LogP contribution in [0.4, 0.5) is 11.4 Å². The molecule has 0 spiro atoms. The Hall–Kier alpha value is -3.61. The lowest BCUT2D eigenvalue weighted by Gasteiger charge is -2.22. The number of carbonyl (C=O) groups excluding carboxylic acids is 2. The lowest BCUT2D eigenvalue weighted by Crippen LogP contribution is -2.22. The fourth-order valence-electron chi connectivity index (χ4n) is 3.67. The largest absolute Gasteiger partial charge is 0.465 e. The Morgan fingerprint density at radius 3 is 2.60 bits per heavy atom. The first-order chi connectivity index (χ1) is 14.6. The van der Waals surface area contributed by atoms with Crippen molar-refractivity contribution in [1.82, 2.24) is 9.78 Å². The molecule has 7 heteroatoms. The summed E-state index contributed by atoms with van der Waals surface area (Å²) in [6.07, 6.45) is 5.96. The van der Waals surface area contributed by atoms with Gasteiger partial charge in [-0.2, -0.15) is 5.10 Å². The van der Waals surface area contributed by atoms with Gasteiger partial charge in [-0.15, -0.1) is 0 Å². The van der Waals surface area contributed by atoms with Crippen molar-refractivity contribution in [3.05, 3.63) is 72.1 Å². The van der Waals surface area contributed by atoms with Gasteiger partial charge in [-0.25, -0.2) is 9.48 Å². The predicted octanol–water partition coefficient (Wildman–Crippen LogP) is 3.44. The van der Waals surface area contributed by atoms with Crippen LogP contribution in [0.2, 0.25) is 0 Å². The monoisotopic (exact) mass is 404 g/mol. The lowest BCUT2D eigenvalue weighted by atomic mass is 10.1. The molecule has 1 N–H and O–H groups in total. The Morgan fingerprint density at radius 2 is 1.87 bits per heavy atom. The molecule has 4 rings (SSSR count). The van der Waals surface area contributed by atoms with Gasteiger partial charge < -0.3 is 15.0 Å². The van der Waals surface area contributed by atoms with Gasteiger partial charge >= 0.3 is 5.97 Å². The van der Waals surface area contributed by atoms with Crippen LogP contribution in [0, 0.1) is 0 Å². The summed E-state index contributed by atoms with van der Waals surface area (Å²) in [6, 6.07) is 15.0. The molecule has 1 saturated heterocycles. The molecule has 0 aliphatic carbocycles. The number of ether oxygens (including phenoxy) is 1. The number of methoxy groups -OCH3 is 1. The molecule has 1 aliphatic heterocycles. The van der Waals surface area contributed by atoms with Crippen LogP contribution in [-0.4, -0.2) is 41.9 Å². The first-order valence-electron chi connectivity index (χ1n) is 10.00. The smallest absolute Gasteiger partial charge is 0.337 e. The molecule has 0 bridgehead atoms. The highest BCUT2D eigenvalue weighted by Gasteiger charge is 2.19. The van der Waals surface area contributed by atoms with Gasteiger partial charge in [0.15, 0.2) is 0 Å². The summed E-state index contributed by atoms with van der Waals surface area (Å²) in [4.78, 5) is 26.9. The number of aromatic nitrogens is 2. The van der Waals surface area contributed by atoms with Crippen molar-refractivity contribution in [1.29, 1.82) is 0 Å². The second kappa shape index (κ2) is 8.82. The Morgan fingerprint density at radius 1 is 1.10 bits per heavy atom. The van der Waals surface area contributed by atoms with E-state index in [4.69, 9.17) is 4.74 Å². The zero-order valence-electron chi connectivity index (χ0n) is 16.9. The van der Waals surface area contributed by atoms with Crippen LogP contribution in [0.5, 0.6) is 0 Å². The highest BCUT2D eigenvalue weighted by molar-refractivity contribution is 5.98. The van der Waals surface area contributed by atoms with Gasteiger partial charge in [-0.1, -0.05) is 18.2 Å². The molecule has 1 aromatic heterocycles. The van der Waals surface area contributed by atoms with E-state index in [9.17, 15) is 9.59 Å². The third-order valence-corrected chi connectivity index (χ3v) is 5.16. The number of carbonyl (C=O) groups is 2. The highest BCUT2D eigenvalue weighted by Crippen LogP contribution is 2.30. The molecular weight excluding hydrogens is 380 g/mol. The van der Waals surface area contributed by atoms with E-state index in [2.05, 4.69) is 15.3 Å². The van der Waals surface area contributed by atoms with E-state index in [0.717, 1.165) is 42.9 Å². The SMILES string of the molecule is COC(=O)c1ccc(N2CCCC2)c(NC(=O)Cc2cnn(-c3ccccc3)c2)c1. The summed E-state index contributed by atoms with van der Waals surface area (Å²) in [5.74, 6) is -0.590. The fourth-order valence-corrected chi connectivity index (χ4v) is 3.67. The molecular formula is C23H24N4O3. The van der Waals surface area contributed by atoms with E-state index >= 15 is 0 Å². The number of amides is 1. The average Bonchev–Trinajstić information content (AvgIpc) is 3.46. The van der Waals surface area contributed by atoms with Gasteiger partial charge in [0, 0.05) is 19.3 Å². The zero-order chi connectivity index (χ0) is 20.9. The van der Waals surface area contributed by atoms with E-state index in [1.165, 1.54) is 7.11 Å². The van der Waals surface area contributed by atoms with E-state index in [-0.39, 0.29) is 12.3 Å². The van der Waals surface area contributed by atoms with Gasteiger partial charge in [0.25, 0.3) is 0 Å². The van der Waals surface area contributed by atoms with Gasteiger partial charge in [0.1, 0.15) is 0 Å². The van der Waals surface area contributed by atoms with Crippen LogP contribution in [-0.2, 0) is 16.0 Å². The number of hydrogen-bond donors (Lipinski definition) is 1. The van der Waals surface area contributed by atoms with Crippen molar-refractivity contribution in [2.75, 3.05) is 30.4 Å². The average molecular weight is 404 g/mol. The number of rotatable bonds is 6. The molecule has 7 nitrogen and oxygen atoms in total. The first kappa shape index (κ1) is 19.7. The minimum absolute atomic E-state index is 0.162. The van der Waals surface area contributed by atoms with Gasteiger partial charge in [0.2, 0.25) is 5.91 Å². The minimum Gasteiger partial charge on any atom is -0.465 e. The van der Waals surface area contributed by atoms with Crippen LogP contribution >= 0.6 is 0 Å². The number of anilines is 2. The summed E-state index contributed by atoms with van der Waals surface area (Å²) in [5, 5.41) is 7.32. The van der Waals surface area contributed by atoms with Crippen molar-refractivity contribution >= 4 is 23.3 Å². The second-order valence-corrected chi connectivity index (χ2v) is 7.27. The molecule has 2 aromatic carbocycles. The van der Waals surface area contributed by atoms with E-state index < -0.39 is 5.97 Å². The zero-order valence-corrected chi connectivity index (χ0v) is 16.9. The Bertz CT molecular complexity index is 1040. The number of benzene rings is 2. The highest BCUT2D eigenvalue weighted by atomic mass is 16.5. The number of para-hydroxylation sites is 1. The molecule has 0 unspecified atom stereocenters. The summed E-state index contributed by atoms with van der Waals surface area (Å²) >= 11 is 0. The van der Waals surface area contributed by atoms with E-state index in [0.29, 0.717) is 11.3 Å². The Labute approximate surface area is 175 Å². The van der Waals surface area contributed by atoms with Gasteiger partial charge in [0.05, 0.1) is 42.4 Å². The second-order valence-electron chi connectivity index (χ2n) is 7.27. The van der Waals surface area contributed by atoms with Gasteiger partial charge in [-0.3, -0.25) is 4.79 Å². The summed E-state index contributed by atoms with van der Waals surface area (Å²) < 4.78 is 6.57. The minimum atomic E-state index is -0.428. The van der Waals surface area contributed by atoms with E-state index in [1.807, 2.05) is 42.6 Å². The summed E-state index contributed by atoms with van der Waals surface area (Å²) in [6.45, 7) is 1.87. The molecule has 30 heavy (non-hydrogen) atoms. The quantitative estimate of drug-likeness (QED) is 0.637. The lowest BCUT2D eigenvalue weighted by molar-refractivity contribution is -0.115. The molecule has 3 aromatic rings. The van der Waals surface area contributed by atoms with Crippen LogP contribution in [0.3, 0.4) is 0 Å². The third kappa shape index (κ3) is 4.35. The molecule has 154 valence electrons. The maximum absolute atomic E-state index is 12.8. The van der Waals surface area contributed by atoms with Crippen molar-refractivity contribution in [2.24, 2.45) is 0 Å². The number of esters is 1. The van der Waals surface area contributed by atoms with Crippen LogP contribution in [0.25, 0.3) is 5.69 Å². The number of nitrogens with zero attached hydrogens (tertiary/aromatic N) is 3. The number of nitrogens with one attached hydrogen (secondary N) is 1. The maximum Gasteiger partial charge on any atom is 0.337 e. The molecule has 1 amide bonds. The molecule has 0 radical (unpaired) electrons. The van der Waals surface area contributed by atoms with Crippen molar-refractivity contribution < 1.29 is 14.3 Å². The van der Waals surface area contributed by atoms with Gasteiger partial charge in [-0.05, 0) is 48.7 Å². The van der Waals surface area contributed by atoms with Crippen molar-refractivity contribution in [3.8, 4) is 5.69 Å². The topological polar surface area (TPSA) is 76.5 Å². The fraction of sp³-hybridized carbons (Fsp3) is 0.261. The number of hydrogen-bond acceptors (Lipinski definition) is 5. The molecule has 0 saturated carbocycles. The third-order valence-electron chi connectivity index (χ3n) is 5.16. The normalized spacial score (nSPS) is 13.3. The van der Waals surface area contributed by atoms with E-state index in [1.54, 1.807) is 23.0 Å². The first-order valence-corrected chi connectivity index (χ1v) is 10.00. The summed E-state index contributed by atoms with van der Waals surface area (Å²) in [7, 11) is 1.35. The Kier molecular flexibility index (Phi) is 5.79. The van der Waals surface area contributed by atoms with Crippen molar-refractivity contribution in [3.63, 3.8) is 0 Å². The van der Waals surface area contributed by atoms with Crippen molar-refractivity contribution in [2.45, 2.75) is 19.3 Å². The molecule has 1 aliphatic rings. The maximum atomic E-state index is 12.8. The van der Waals surface area contributed by atoms with Crippen LogP contribution in [0.1, 0.15) is 28.8 Å². The molecule has 1 fully saturated rings. The molecule has 2 heterocycles. The summed E-state index contributed by atoms with van der Waals surface area (Å²) in [5.41, 5.74) is 3.70. The predicted molar refractivity (Wildman–Crippen MR) is 115 cm³/mol.